The standard InChI is InChI=1S/C15H22N2O2/c1-4-11(2)19-13-7-5-6-12(10-13)17-9-8-14(16-3)15(17)18/h5-7,10-11,14,16H,4,8-9H2,1-3H3. The van der Waals surface area contributed by atoms with Gasteiger partial charge in [-0.3, -0.25) is 4.79 Å². The van der Waals surface area contributed by atoms with Crippen LogP contribution in [0.3, 0.4) is 0 Å². The summed E-state index contributed by atoms with van der Waals surface area (Å²) in [5.74, 6) is 0.968. The van der Waals surface area contributed by atoms with Crippen LogP contribution in [0.15, 0.2) is 24.3 Å². The Bertz CT molecular complexity index is 448. The minimum atomic E-state index is -0.0564. The van der Waals surface area contributed by atoms with Crippen molar-refractivity contribution in [3.8, 4) is 5.75 Å². The summed E-state index contributed by atoms with van der Waals surface area (Å²) in [6.45, 7) is 4.90. The van der Waals surface area contributed by atoms with Crippen LogP contribution < -0.4 is 15.0 Å². The fourth-order valence-corrected chi connectivity index (χ4v) is 2.24. The number of benzene rings is 1. The normalized spacial score (nSPS) is 20.7. The molecule has 1 fully saturated rings. The van der Waals surface area contributed by atoms with Crippen molar-refractivity contribution in [2.45, 2.75) is 38.8 Å². The Balaban J connectivity index is 2.13. The van der Waals surface area contributed by atoms with Crippen LogP contribution >= 0.6 is 0 Å². The van der Waals surface area contributed by atoms with Crippen molar-refractivity contribution < 1.29 is 9.53 Å². The lowest BCUT2D eigenvalue weighted by atomic mass is 10.2. The van der Waals surface area contributed by atoms with E-state index in [1.54, 1.807) is 0 Å². The van der Waals surface area contributed by atoms with Crippen molar-refractivity contribution in [1.82, 2.24) is 5.32 Å². The number of hydrogen-bond donors (Lipinski definition) is 1. The minimum absolute atomic E-state index is 0.0564. The molecule has 1 amide bonds. The molecule has 1 aromatic rings. The molecule has 1 saturated heterocycles. The van der Waals surface area contributed by atoms with Crippen LogP contribution in [0, 0.1) is 0 Å². The summed E-state index contributed by atoms with van der Waals surface area (Å²) in [4.78, 5) is 14.0. The molecule has 0 aromatic heterocycles. The molecule has 104 valence electrons. The predicted molar refractivity (Wildman–Crippen MR) is 76.6 cm³/mol. The summed E-state index contributed by atoms with van der Waals surface area (Å²) in [5, 5.41) is 3.05. The third-order valence-electron chi connectivity index (χ3n) is 3.60. The zero-order chi connectivity index (χ0) is 13.8. The van der Waals surface area contributed by atoms with Gasteiger partial charge in [0.05, 0.1) is 12.1 Å². The summed E-state index contributed by atoms with van der Waals surface area (Å²) in [7, 11) is 1.83. The molecule has 0 radical (unpaired) electrons. The number of likely N-dealkylation sites (N-methyl/N-ethyl adjacent to an activating group) is 1. The zero-order valence-corrected chi connectivity index (χ0v) is 11.8. The first-order valence-electron chi connectivity index (χ1n) is 6.91. The fraction of sp³-hybridized carbons (Fsp3) is 0.533. The number of anilines is 1. The second-order valence-electron chi connectivity index (χ2n) is 4.95. The molecule has 4 heteroatoms. The first-order chi connectivity index (χ1) is 9.15. The Morgan fingerprint density at radius 3 is 2.95 bits per heavy atom. The predicted octanol–water partition coefficient (Wildman–Crippen LogP) is 2.19. The maximum atomic E-state index is 12.1. The van der Waals surface area contributed by atoms with Gasteiger partial charge in [-0.2, -0.15) is 0 Å². The van der Waals surface area contributed by atoms with Gasteiger partial charge in [-0.1, -0.05) is 13.0 Å². The molecule has 0 aliphatic carbocycles. The van der Waals surface area contributed by atoms with Crippen LogP contribution in [0.2, 0.25) is 0 Å². The number of ether oxygens (including phenoxy) is 1. The number of carbonyl (C=O) groups excluding carboxylic acids is 1. The van der Waals surface area contributed by atoms with E-state index < -0.39 is 0 Å². The van der Waals surface area contributed by atoms with E-state index in [9.17, 15) is 4.79 Å². The molecule has 1 heterocycles. The summed E-state index contributed by atoms with van der Waals surface area (Å²) in [5.41, 5.74) is 0.920. The van der Waals surface area contributed by atoms with Crippen molar-refractivity contribution in [3.63, 3.8) is 0 Å². The summed E-state index contributed by atoms with van der Waals surface area (Å²) in [6, 6.07) is 7.72. The summed E-state index contributed by atoms with van der Waals surface area (Å²) < 4.78 is 5.80. The zero-order valence-electron chi connectivity index (χ0n) is 11.8. The second-order valence-corrected chi connectivity index (χ2v) is 4.95. The number of rotatable bonds is 5. The second kappa shape index (κ2) is 6.06. The molecule has 1 aliphatic heterocycles. The highest BCUT2D eigenvalue weighted by Gasteiger charge is 2.31. The lowest BCUT2D eigenvalue weighted by Crippen LogP contribution is -2.36. The monoisotopic (exact) mass is 262 g/mol. The maximum Gasteiger partial charge on any atom is 0.244 e. The Labute approximate surface area is 114 Å². The number of nitrogens with one attached hydrogen (secondary N) is 1. The molecule has 0 bridgehead atoms. The minimum Gasteiger partial charge on any atom is -0.491 e. The van der Waals surface area contributed by atoms with E-state index in [-0.39, 0.29) is 18.1 Å². The van der Waals surface area contributed by atoms with E-state index in [2.05, 4.69) is 12.2 Å². The highest BCUT2D eigenvalue weighted by atomic mass is 16.5. The molecule has 2 rings (SSSR count). The Kier molecular flexibility index (Phi) is 4.43. The van der Waals surface area contributed by atoms with Crippen molar-refractivity contribution in [3.05, 3.63) is 24.3 Å². The Morgan fingerprint density at radius 2 is 2.32 bits per heavy atom. The number of hydrogen-bond acceptors (Lipinski definition) is 3. The first kappa shape index (κ1) is 13.9. The highest BCUT2D eigenvalue weighted by Crippen LogP contribution is 2.26. The molecular weight excluding hydrogens is 240 g/mol. The van der Waals surface area contributed by atoms with Gasteiger partial charge in [0.1, 0.15) is 5.75 Å². The number of carbonyl (C=O) groups is 1. The van der Waals surface area contributed by atoms with Gasteiger partial charge in [0, 0.05) is 18.3 Å². The van der Waals surface area contributed by atoms with Crippen LogP contribution in [-0.2, 0) is 4.79 Å². The molecule has 1 N–H and O–H groups in total. The van der Waals surface area contributed by atoms with Gasteiger partial charge in [0.15, 0.2) is 0 Å². The van der Waals surface area contributed by atoms with Crippen LogP contribution in [-0.4, -0.2) is 31.6 Å². The van der Waals surface area contributed by atoms with Gasteiger partial charge in [-0.05, 0) is 38.9 Å². The highest BCUT2D eigenvalue weighted by molar-refractivity contribution is 5.99. The molecule has 0 spiro atoms. The Morgan fingerprint density at radius 1 is 1.53 bits per heavy atom. The Hall–Kier alpha value is -1.55. The average Bonchev–Trinajstić information content (AvgIpc) is 2.80. The summed E-state index contributed by atoms with van der Waals surface area (Å²) >= 11 is 0. The largest absolute Gasteiger partial charge is 0.491 e. The molecular formula is C15H22N2O2. The van der Waals surface area contributed by atoms with E-state index in [1.807, 2.05) is 43.1 Å². The van der Waals surface area contributed by atoms with E-state index in [1.165, 1.54) is 0 Å². The van der Waals surface area contributed by atoms with E-state index in [0.29, 0.717) is 0 Å². The van der Waals surface area contributed by atoms with Crippen molar-refractivity contribution in [2.75, 3.05) is 18.5 Å². The van der Waals surface area contributed by atoms with E-state index in [4.69, 9.17) is 4.74 Å². The van der Waals surface area contributed by atoms with Crippen LogP contribution in [0.5, 0.6) is 5.75 Å². The smallest absolute Gasteiger partial charge is 0.244 e. The van der Waals surface area contributed by atoms with Gasteiger partial charge in [0.2, 0.25) is 5.91 Å². The maximum absolute atomic E-state index is 12.1. The first-order valence-corrected chi connectivity index (χ1v) is 6.91. The molecule has 0 saturated carbocycles. The van der Waals surface area contributed by atoms with Gasteiger partial charge in [0.25, 0.3) is 0 Å². The molecule has 2 atom stereocenters. The third kappa shape index (κ3) is 3.07. The molecule has 1 aliphatic rings. The van der Waals surface area contributed by atoms with E-state index in [0.717, 1.165) is 30.8 Å². The lowest BCUT2D eigenvalue weighted by molar-refractivity contribution is -0.118. The quantitative estimate of drug-likeness (QED) is 0.884. The fourth-order valence-electron chi connectivity index (χ4n) is 2.24. The topological polar surface area (TPSA) is 41.6 Å². The molecule has 4 nitrogen and oxygen atoms in total. The molecule has 1 aromatic carbocycles. The van der Waals surface area contributed by atoms with Crippen molar-refractivity contribution in [1.29, 1.82) is 0 Å². The lowest BCUT2D eigenvalue weighted by Gasteiger charge is -2.19. The van der Waals surface area contributed by atoms with Gasteiger partial charge < -0.3 is 15.0 Å². The van der Waals surface area contributed by atoms with Crippen molar-refractivity contribution >= 4 is 11.6 Å². The van der Waals surface area contributed by atoms with Crippen LogP contribution in [0.1, 0.15) is 26.7 Å². The van der Waals surface area contributed by atoms with Crippen LogP contribution in [0.25, 0.3) is 0 Å². The third-order valence-corrected chi connectivity index (χ3v) is 3.60. The van der Waals surface area contributed by atoms with Gasteiger partial charge in [-0.15, -0.1) is 0 Å². The van der Waals surface area contributed by atoms with E-state index >= 15 is 0 Å². The molecule has 19 heavy (non-hydrogen) atoms. The van der Waals surface area contributed by atoms with Crippen LogP contribution in [0.4, 0.5) is 5.69 Å². The van der Waals surface area contributed by atoms with Crippen molar-refractivity contribution in [2.24, 2.45) is 0 Å². The molecule has 2 unspecified atom stereocenters. The number of amides is 1. The average molecular weight is 262 g/mol. The van der Waals surface area contributed by atoms with Gasteiger partial charge in [-0.25, -0.2) is 0 Å². The van der Waals surface area contributed by atoms with Gasteiger partial charge >= 0.3 is 0 Å². The summed E-state index contributed by atoms with van der Waals surface area (Å²) in [6.07, 6.45) is 2.01. The number of nitrogens with zero attached hydrogens (tertiary/aromatic N) is 1. The SMILES string of the molecule is CCC(C)Oc1cccc(N2CCC(NC)C2=O)c1.